The molecule has 0 aromatic heterocycles. The molecule has 0 saturated heterocycles. The Morgan fingerprint density at radius 1 is 1.35 bits per heavy atom. The van der Waals surface area contributed by atoms with Gasteiger partial charge >= 0.3 is 0 Å². The van der Waals surface area contributed by atoms with Crippen LogP contribution in [-0.4, -0.2) is 34.9 Å². The summed E-state index contributed by atoms with van der Waals surface area (Å²) in [7, 11) is 0. The highest BCUT2D eigenvalue weighted by Crippen LogP contribution is 1.93. The molecule has 0 saturated carbocycles. The summed E-state index contributed by atoms with van der Waals surface area (Å²) in [6, 6.07) is 0. The first-order valence-corrected chi connectivity index (χ1v) is 5.62. The molecular weight excluding hydrogens is 260 g/mol. The Labute approximate surface area is 111 Å². The molecule has 0 fully saturated rings. The minimum Gasteiger partial charge on any atom is -0.375 e. The van der Waals surface area contributed by atoms with E-state index in [-0.39, 0.29) is 16.3 Å². The zero-order chi connectivity index (χ0) is 13.3. The summed E-state index contributed by atoms with van der Waals surface area (Å²) in [6.45, 7) is 4.24. The van der Waals surface area contributed by atoms with Crippen molar-refractivity contribution in [2.75, 3.05) is 6.61 Å². The zero-order valence-electron chi connectivity index (χ0n) is 9.64. The quantitative estimate of drug-likeness (QED) is 0.292. The number of nitrogens with two attached hydrogens (primary N) is 2. The van der Waals surface area contributed by atoms with E-state index < -0.39 is 0 Å². The van der Waals surface area contributed by atoms with Gasteiger partial charge in [-0.2, -0.15) is 10.2 Å². The second-order valence-corrected chi connectivity index (χ2v) is 3.72. The van der Waals surface area contributed by atoms with Crippen LogP contribution in [0.15, 0.2) is 10.2 Å². The Morgan fingerprint density at radius 3 is 2.41 bits per heavy atom. The summed E-state index contributed by atoms with van der Waals surface area (Å²) >= 11 is 9.23. The minimum atomic E-state index is -0.265. The van der Waals surface area contributed by atoms with Gasteiger partial charge in [0, 0.05) is 6.61 Å². The van der Waals surface area contributed by atoms with Gasteiger partial charge in [-0.3, -0.25) is 10.9 Å². The van der Waals surface area contributed by atoms with Gasteiger partial charge in [0.05, 0.1) is 6.21 Å². The Balaban J connectivity index is 4.60. The molecule has 6 N–H and O–H groups in total. The monoisotopic (exact) mass is 276 g/mol. The average molecular weight is 276 g/mol. The van der Waals surface area contributed by atoms with Crippen LogP contribution in [0, 0.1) is 0 Å². The molecule has 0 aliphatic rings. The van der Waals surface area contributed by atoms with Crippen LogP contribution < -0.4 is 22.3 Å². The third kappa shape index (κ3) is 8.48. The second kappa shape index (κ2) is 8.79. The van der Waals surface area contributed by atoms with Crippen LogP contribution >= 0.6 is 24.4 Å². The van der Waals surface area contributed by atoms with Crippen molar-refractivity contribution in [1.82, 2.24) is 10.9 Å². The van der Waals surface area contributed by atoms with E-state index in [1.165, 1.54) is 6.21 Å². The first-order valence-electron chi connectivity index (χ1n) is 4.80. The van der Waals surface area contributed by atoms with Gasteiger partial charge in [-0.25, -0.2) is 0 Å². The molecule has 1 atom stereocenters. The summed E-state index contributed by atoms with van der Waals surface area (Å²) in [4.78, 5) is 0. The van der Waals surface area contributed by atoms with Crippen molar-refractivity contribution < 1.29 is 4.74 Å². The summed E-state index contributed by atoms with van der Waals surface area (Å²) < 4.78 is 5.36. The fourth-order valence-electron chi connectivity index (χ4n) is 0.842. The lowest BCUT2D eigenvalue weighted by Crippen LogP contribution is -2.31. The molecule has 0 rings (SSSR count). The molecule has 0 aliphatic carbocycles. The van der Waals surface area contributed by atoms with Crippen molar-refractivity contribution >= 4 is 46.6 Å². The highest BCUT2D eigenvalue weighted by atomic mass is 32.1. The first-order chi connectivity index (χ1) is 7.97. The SMILES string of the molecule is CCOC(C)C(/C=N/NC(N)=S)=N\NC(N)=S. The Bertz CT molecular complexity index is 330. The van der Waals surface area contributed by atoms with Gasteiger partial charge in [0.25, 0.3) is 0 Å². The lowest BCUT2D eigenvalue weighted by Gasteiger charge is -2.11. The first kappa shape index (κ1) is 15.7. The van der Waals surface area contributed by atoms with E-state index in [0.29, 0.717) is 12.3 Å². The number of thiocarbonyl (C=S) groups is 2. The third-order valence-electron chi connectivity index (χ3n) is 1.50. The Morgan fingerprint density at radius 2 is 1.94 bits per heavy atom. The van der Waals surface area contributed by atoms with Crippen molar-refractivity contribution in [2.45, 2.75) is 20.0 Å². The summed E-state index contributed by atoms with van der Waals surface area (Å²) in [5.41, 5.74) is 15.8. The lowest BCUT2D eigenvalue weighted by atomic mass is 10.2. The maximum absolute atomic E-state index is 5.36. The number of hydrogen-bond donors (Lipinski definition) is 4. The van der Waals surface area contributed by atoms with Gasteiger partial charge in [-0.15, -0.1) is 0 Å². The number of rotatable bonds is 6. The normalized spacial score (nSPS) is 13.4. The van der Waals surface area contributed by atoms with E-state index in [2.05, 4.69) is 45.5 Å². The van der Waals surface area contributed by atoms with Crippen molar-refractivity contribution in [2.24, 2.45) is 21.7 Å². The van der Waals surface area contributed by atoms with Gasteiger partial charge < -0.3 is 16.2 Å². The van der Waals surface area contributed by atoms with E-state index in [0.717, 1.165) is 0 Å². The van der Waals surface area contributed by atoms with Crippen LogP contribution in [0.3, 0.4) is 0 Å². The highest BCUT2D eigenvalue weighted by Gasteiger charge is 2.08. The van der Waals surface area contributed by atoms with Gasteiger partial charge in [-0.1, -0.05) is 0 Å². The maximum atomic E-state index is 5.36. The Kier molecular flexibility index (Phi) is 8.11. The predicted octanol–water partition coefficient (Wildman–Crippen LogP) is -0.580. The van der Waals surface area contributed by atoms with Crippen LogP contribution in [0.4, 0.5) is 0 Å². The molecule has 17 heavy (non-hydrogen) atoms. The Hall–Kier alpha value is -1.32. The zero-order valence-corrected chi connectivity index (χ0v) is 11.3. The van der Waals surface area contributed by atoms with E-state index in [9.17, 15) is 0 Å². The lowest BCUT2D eigenvalue weighted by molar-refractivity contribution is 0.123. The second-order valence-electron chi connectivity index (χ2n) is 2.84. The molecule has 1 unspecified atom stereocenters. The molecule has 7 nitrogen and oxygen atoms in total. The van der Waals surface area contributed by atoms with E-state index in [1.807, 2.05) is 13.8 Å². The molecule has 0 radical (unpaired) electrons. The van der Waals surface area contributed by atoms with Crippen LogP contribution in [0.2, 0.25) is 0 Å². The molecule has 96 valence electrons. The number of hydrogen-bond acceptors (Lipinski definition) is 5. The van der Waals surface area contributed by atoms with Gasteiger partial charge in [0.2, 0.25) is 0 Å². The van der Waals surface area contributed by atoms with E-state index in [4.69, 9.17) is 16.2 Å². The maximum Gasteiger partial charge on any atom is 0.184 e. The fraction of sp³-hybridized carbons (Fsp3) is 0.500. The molecule has 9 heteroatoms. The molecule has 0 spiro atoms. The van der Waals surface area contributed by atoms with Gasteiger partial charge in [-0.05, 0) is 38.3 Å². The molecular formula is C8H16N6OS2. The summed E-state index contributed by atoms with van der Waals surface area (Å²) in [5.74, 6) is 0. The fourth-order valence-corrected chi connectivity index (χ4v) is 0.940. The van der Waals surface area contributed by atoms with Crippen LogP contribution in [0.1, 0.15) is 13.8 Å². The average Bonchev–Trinajstić information content (AvgIpc) is 2.22. The van der Waals surface area contributed by atoms with E-state index >= 15 is 0 Å². The largest absolute Gasteiger partial charge is 0.375 e. The molecule has 0 bridgehead atoms. The standard InChI is InChI=1S/C8H16N6OS2/c1-3-15-5(2)6(12-14-8(10)17)4-11-13-7(9)16/h4-5H,3H2,1-2H3,(H3,9,13,16)(H3,10,14,17)/b11-4+,12-6-. The van der Waals surface area contributed by atoms with Crippen molar-refractivity contribution in [1.29, 1.82) is 0 Å². The number of ether oxygens (including phenoxy) is 1. The van der Waals surface area contributed by atoms with Crippen LogP contribution in [-0.2, 0) is 4.74 Å². The summed E-state index contributed by atoms with van der Waals surface area (Å²) in [6.07, 6.45) is 1.16. The third-order valence-corrected chi connectivity index (χ3v) is 1.68. The molecule has 0 aliphatic heterocycles. The number of nitrogens with zero attached hydrogens (tertiary/aromatic N) is 2. The predicted molar refractivity (Wildman–Crippen MR) is 76.9 cm³/mol. The molecule has 0 heterocycles. The topological polar surface area (TPSA) is 110 Å². The number of nitrogens with one attached hydrogen (secondary N) is 2. The molecule has 0 amide bonds. The summed E-state index contributed by atoms with van der Waals surface area (Å²) in [5, 5.41) is 7.84. The van der Waals surface area contributed by atoms with Crippen molar-refractivity contribution in [3.05, 3.63) is 0 Å². The van der Waals surface area contributed by atoms with Crippen LogP contribution in [0.5, 0.6) is 0 Å². The van der Waals surface area contributed by atoms with Crippen molar-refractivity contribution in [3.63, 3.8) is 0 Å². The molecule has 0 aromatic carbocycles. The highest BCUT2D eigenvalue weighted by molar-refractivity contribution is 7.80. The van der Waals surface area contributed by atoms with Crippen LogP contribution in [0.25, 0.3) is 0 Å². The van der Waals surface area contributed by atoms with Crippen molar-refractivity contribution in [3.8, 4) is 0 Å². The van der Waals surface area contributed by atoms with Gasteiger partial charge in [0.15, 0.2) is 10.2 Å². The van der Waals surface area contributed by atoms with E-state index in [1.54, 1.807) is 0 Å². The smallest absolute Gasteiger partial charge is 0.184 e. The van der Waals surface area contributed by atoms with Gasteiger partial charge in [0.1, 0.15) is 11.8 Å². The minimum absolute atomic E-state index is 0.0573. The molecule has 0 aromatic rings. The number of hydrazone groups is 2.